The van der Waals surface area contributed by atoms with Gasteiger partial charge in [0.25, 0.3) is 5.97 Å². The summed E-state index contributed by atoms with van der Waals surface area (Å²) in [4.78, 5) is 19.7. The molecule has 1 aliphatic rings. The Morgan fingerprint density at radius 3 is 2.11 bits per heavy atom. The molecule has 2 aromatic rings. The van der Waals surface area contributed by atoms with E-state index >= 15 is 0 Å². The van der Waals surface area contributed by atoms with Crippen LogP contribution in [-0.4, -0.2) is 35.4 Å². The Morgan fingerprint density at radius 2 is 1.74 bits per heavy atom. The fourth-order valence-corrected chi connectivity index (χ4v) is 2.06. The molecule has 1 unspecified atom stereocenters. The summed E-state index contributed by atoms with van der Waals surface area (Å²) in [6, 6.07) is 13.3. The number of carbonyl (C=O) groups is 2. The maximum absolute atomic E-state index is 11.9. The van der Waals surface area contributed by atoms with E-state index in [1.807, 2.05) is 13.0 Å². The highest BCUT2D eigenvalue weighted by atomic mass is 19.1. The topological polar surface area (TPSA) is 96.4 Å². The number of hydrogen-bond acceptors (Lipinski definition) is 5. The molecule has 1 heterocycles. The van der Waals surface area contributed by atoms with Gasteiger partial charge in [0.2, 0.25) is 0 Å². The van der Waals surface area contributed by atoms with Crippen molar-refractivity contribution in [1.29, 1.82) is 0 Å². The average Bonchev–Trinajstić information content (AvgIpc) is 3.35. The first-order valence-electron chi connectivity index (χ1n) is 8.14. The second-order valence-electron chi connectivity index (χ2n) is 5.90. The number of epoxide rings is 1. The van der Waals surface area contributed by atoms with E-state index in [0.29, 0.717) is 12.2 Å². The highest BCUT2D eigenvalue weighted by Gasteiger charge is 2.49. The molecule has 0 radical (unpaired) electrons. The lowest BCUT2D eigenvalue weighted by molar-refractivity contribution is -0.143. The quantitative estimate of drug-likeness (QED) is 0.628. The summed E-state index contributed by atoms with van der Waals surface area (Å²) >= 11 is 0. The average molecular weight is 378 g/mol. The zero-order valence-corrected chi connectivity index (χ0v) is 15.4. The monoisotopic (exact) mass is 378 g/mol. The molecule has 0 aromatic heterocycles. The zero-order chi connectivity index (χ0) is 20.4. The molecular weight excluding hydrogens is 355 g/mol. The second-order valence-corrected chi connectivity index (χ2v) is 5.90. The van der Waals surface area contributed by atoms with Crippen molar-refractivity contribution in [3.05, 3.63) is 65.5 Å². The number of aromatic hydroxyl groups is 1. The maximum Gasteiger partial charge on any atom is 0.302 e. The number of carbonyl (C=O) groups excluding carboxylic acids is 1. The lowest BCUT2D eigenvalue weighted by atomic mass is 9.98. The number of aliphatic carboxylic acids is 1. The molecule has 0 amide bonds. The van der Waals surface area contributed by atoms with Crippen molar-refractivity contribution in [1.82, 2.24) is 0 Å². The van der Waals surface area contributed by atoms with Crippen LogP contribution >= 0.6 is 0 Å². The van der Waals surface area contributed by atoms with Gasteiger partial charge in [0.15, 0.2) is 5.60 Å². The first-order chi connectivity index (χ1) is 12.7. The molecule has 1 atom stereocenters. The lowest BCUT2D eigenvalue weighted by Gasteiger charge is -2.14. The number of rotatable bonds is 3. The van der Waals surface area contributed by atoms with E-state index in [1.165, 1.54) is 19.1 Å². The van der Waals surface area contributed by atoms with Gasteiger partial charge in [-0.15, -0.1) is 0 Å². The standard InChI is InChI=1S/C12H14O4.C6H5F.C2H4O2/c1-8-3-4-10(11(14)5-8)12(7-16-12)6-15-9(2)13;7-6-4-2-1-3-5-6;1-2(3)4/h3-5,14H,6-7H2,1-2H3;1-5H;1H3,(H,3,4). The summed E-state index contributed by atoms with van der Waals surface area (Å²) in [6.07, 6.45) is 0. The van der Waals surface area contributed by atoms with Gasteiger partial charge in [0.1, 0.15) is 18.2 Å². The third-order valence-electron chi connectivity index (χ3n) is 3.38. The molecule has 0 spiro atoms. The molecule has 3 rings (SSSR count). The van der Waals surface area contributed by atoms with Crippen LogP contribution in [0.25, 0.3) is 0 Å². The van der Waals surface area contributed by atoms with Gasteiger partial charge >= 0.3 is 5.97 Å². The van der Waals surface area contributed by atoms with Gasteiger partial charge in [0, 0.05) is 19.4 Å². The molecule has 7 heteroatoms. The first kappa shape index (κ1) is 22.1. The summed E-state index contributed by atoms with van der Waals surface area (Å²) < 4.78 is 22.2. The van der Waals surface area contributed by atoms with Crippen LogP contribution in [0.5, 0.6) is 5.75 Å². The third-order valence-corrected chi connectivity index (χ3v) is 3.38. The highest BCUT2D eigenvalue weighted by Crippen LogP contribution is 2.43. The van der Waals surface area contributed by atoms with Crippen molar-refractivity contribution in [3.8, 4) is 5.75 Å². The van der Waals surface area contributed by atoms with Gasteiger partial charge in [-0.25, -0.2) is 4.39 Å². The van der Waals surface area contributed by atoms with E-state index in [0.717, 1.165) is 12.5 Å². The van der Waals surface area contributed by atoms with Crippen LogP contribution in [0.3, 0.4) is 0 Å². The van der Waals surface area contributed by atoms with Crippen molar-refractivity contribution in [3.63, 3.8) is 0 Å². The number of phenolic OH excluding ortho intramolecular Hbond substituents is 1. The van der Waals surface area contributed by atoms with E-state index in [-0.39, 0.29) is 24.1 Å². The third kappa shape index (κ3) is 8.33. The molecule has 0 aliphatic carbocycles. The predicted octanol–water partition coefficient (Wildman–Crippen LogP) is 3.41. The molecule has 2 N–H and O–H groups in total. The molecule has 27 heavy (non-hydrogen) atoms. The molecule has 1 fully saturated rings. The SMILES string of the molecule is CC(=O)O.CC(=O)OCC1(c2ccc(C)cc2O)CO1.Fc1ccccc1. The van der Waals surface area contributed by atoms with Gasteiger partial charge in [-0.3, -0.25) is 9.59 Å². The normalized spacial score (nSPS) is 16.7. The number of ether oxygens (including phenoxy) is 2. The van der Waals surface area contributed by atoms with Crippen molar-refractivity contribution in [2.75, 3.05) is 13.2 Å². The fraction of sp³-hybridized carbons (Fsp3) is 0.300. The number of hydrogen-bond donors (Lipinski definition) is 2. The minimum Gasteiger partial charge on any atom is -0.508 e. The van der Waals surface area contributed by atoms with E-state index in [1.54, 1.807) is 30.3 Å². The van der Waals surface area contributed by atoms with Crippen LogP contribution in [0, 0.1) is 12.7 Å². The Morgan fingerprint density at radius 1 is 1.19 bits per heavy atom. The maximum atomic E-state index is 11.9. The van der Waals surface area contributed by atoms with Crippen molar-refractivity contribution in [2.45, 2.75) is 26.4 Å². The molecule has 0 bridgehead atoms. The molecule has 2 aromatic carbocycles. The van der Waals surface area contributed by atoms with Crippen LogP contribution in [0.4, 0.5) is 4.39 Å². The summed E-state index contributed by atoms with van der Waals surface area (Å²) in [6.45, 7) is 4.96. The van der Waals surface area contributed by atoms with E-state index in [9.17, 15) is 14.3 Å². The smallest absolute Gasteiger partial charge is 0.302 e. The van der Waals surface area contributed by atoms with Crippen LogP contribution in [0.2, 0.25) is 0 Å². The minimum atomic E-state index is -0.833. The molecule has 6 nitrogen and oxygen atoms in total. The summed E-state index contributed by atoms with van der Waals surface area (Å²) in [5.41, 5.74) is 1.02. The molecular formula is C20H23FO6. The van der Waals surface area contributed by atoms with Crippen LogP contribution < -0.4 is 0 Å². The second kappa shape index (κ2) is 10.3. The largest absolute Gasteiger partial charge is 0.508 e. The van der Waals surface area contributed by atoms with E-state index in [4.69, 9.17) is 19.4 Å². The Labute approximate surface area is 157 Å². The van der Waals surface area contributed by atoms with Gasteiger partial charge < -0.3 is 19.7 Å². The molecule has 146 valence electrons. The van der Waals surface area contributed by atoms with Gasteiger partial charge in [0.05, 0.1) is 6.61 Å². The Kier molecular flexibility index (Phi) is 8.41. The van der Waals surface area contributed by atoms with Crippen LogP contribution in [-0.2, 0) is 24.7 Å². The first-order valence-corrected chi connectivity index (χ1v) is 8.14. The van der Waals surface area contributed by atoms with Crippen molar-refractivity contribution < 1.29 is 33.7 Å². The number of halogens is 1. The summed E-state index contributed by atoms with van der Waals surface area (Å²) in [7, 11) is 0. The lowest BCUT2D eigenvalue weighted by Crippen LogP contribution is -2.19. The van der Waals surface area contributed by atoms with Gasteiger partial charge in [-0.05, 0) is 30.7 Å². The number of aryl methyl sites for hydroxylation is 1. The molecule has 0 saturated carbocycles. The van der Waals surface area contributed by atoms with Crippen LogP contribution in [0.1, 0.15) is 25.0 Å². The molecule has 1 saturated heterocycles. The van der Waals surface area contributed by atoms with Crippen molar-refractivity contribution >= 4 is 11.9 Å². The number of phenols is 1. The minimum absolute atomic E-state index is 0.152. The molecule has 1 aliphatic heterocycles. The highest BCUT2D eigenvalue weighted by molar-refractivity contribution is 5.66. The van der Waals surface area contributed by atoms with E-state index < -0.39 is 11.6 Å². The Bertz CT molecular complexity index is 752. The predicted molar refractivity (Wildman–Crippen MR) is 96.8 cm³/mol. The number of carboxylic acid groups (broad SMARTS) is 1. The summed E-state index contributed by atoms with van der Waals surface area (Å²) in [5.74, 6) is -1.17. The van der Waals surface area contributed by atoms with Crippen molar-refractivity contribution in [2.24, 2.45) is 0 Å². The van der Waals surface area contributed by atoms with E-state index in [2.05, 4.69) is 0 Å². The number of carboxylic acids is 1. The van der Waals surface area contributed by atoms with Gasteiger partial charge in [-0.1, -0.05) is 30.3 Å². The summed E-state index contributed by atoms with van der Waals surface area (Å²) in [5, 5.41) is 17.2. The Balaban J connectivity index is 0.000000273. The fourth-order valence-electron chi connectivity index (χ4n) is 2.06. The Hall–Kier alpha value is -2.93. The van der Waals surface area contributed by atoms with Gasteiger partial charge in [-0.2, -0.15) is 0 Å². The zero-order valence-electron chi connectivity index (χ0n) is 15.4. The van der Waals surface area contributed by atoms with Crippen LogP contribution in [0.15, 0.2) is 48.5 Å². The number of esters is 1. The number of benzene rings is 2.